The van der Waals surface area contributed by atoms with Crippen molar-refractivity contribution < 1.29 is 9.90 Å². The van der Waals surface area contributed by atoms with Crippen molar-refractivity contribution in [2.24, 2.45) is 5.73 Å². The minimum Gasteiger partial charge on any atom is -0.481 e. The Bertz CT molecular complexity index is 355. The standard InChI is InChI=1S/C9H9Cl2NO2/c10-6-3-1-2-5(9(6)11)7(12)4-8(13)14/h1-3,7H,4,12H2,(H,13,14)/t7-/m1/s1. The molecule has 0 spiro atoms. The van der Waals surface area contributed by atoms with E-state index in [1.54, 1.807) is 18.2 Å². The van der Waals surface area contributed by atoms with E-state index >= 15 is 0 Å². The molecule has 76 valence electrons. The SMILES string of the molecule is N[C@H](CC(=O)O)c1cccc(Cl)c1Cl. The third kappa shape index (κ3) is 2.61. The molecule has 0 aliphatic rings. The van der Waals surface area contributed by atoms with Crippen molar-refractivity contribution >= 4 is 29.2 Å². The molecule has 14 heavy (non-hydrogen) atoms. The number of benzene rings is 1. The molecule has 0 amide bonds. The first-order chi connectivity index (χ1) is 6.52. The Morgan fingerprint density at radius 1 is 1.50 bits per heavy atom. The van der Waals surface area contributed by atoms with Gasteiger partial charge in [-0.05, 0) is 11.6 Å². The van der Waals surface area contributed by atoms with Crippen LogP contribution < -0.4 is 5.73 Å². The number of hydrogen-bond donors (Lipinski definition) is 2. The zero-order valence-electron chi connectivity index (χ0n) is 7.21. The summed E-state index contributed by atoms with van der Waals surface area (Å²) in [5, 5.41) is 9.25. The Hall–Kier alpha value is -0.770. The predicted octanol–water partition coefficient (Wildman–Crippen LogP) is 2.47. The largest absolute Gasteiger partial charge is 0.481 e. The summed E-state index contributed by atoms with van der Waals surface area (Å²) < 4.78 is 0. The monoisotopic (exact) mass is 233 g/mol. The highest BCUT2D eigenvalue weighted by Gasteiger charge is 2.14. The molecule has 1 aromatic carbocycles. The van der Waals surface area contributed by atoms with Crippen LogP contribution in [0.5, 0.6) is 0 Å². The molecule has 0 radical (unpaired) electrons. The second-order valence-electron chi connectivity index (χ2n) is 2.85. The van der Waals surface area contributed by atoms with E-state index in [9.17, 15) is 4.79 Å². The fourth-order valence-corrected chi connectivity index (χ4v) is 1.55. The highest BCUT2D eigenvalue weighted by Crippen LogP contribution is 2.29. The number of rotatable bonds is 3. The average molecular weight is 234 g/mol. The summed E-state index contributed by atoms with van der Waals surface area (Å²) in [6.45, 7) is 0. The quantitative estimate of drug-likeness (QED) is 0.844. The molecule has 3 nitrogen and oxygen atoms in total. The van der Waals surface area contributed by atoms with Gasteiger partial charge in [0, 0.05) is 6.04 Å². The van der Waals surface area contributed by atoms with E-state index in [1.807, 2.05) is 0 Å². The fourth-order valence-electron chi connectivity index (χ4n) is 1.10. The molecule has 1 rings (SSSR count). The molecule has 0 saturated heterocycles. The number of hydrogen-bond acceptors (Lipinski definition) is 2. The van der Waals surface area contributed by atoms with Crippen molar-refractivity contribution in [3.8, 4) is 0 Å². The van der Waals surface area contributed by atoms with Crippen molar-refractivity contribution in [2.45, 2.75) is 12.5 Å². The van der Waals surface area contributed by atoms with Gasteiger partial charge in [-0.1, -0.05) is 35.3 Å². The average Bonchev–Trinajstić information content (AvgIpc) is 2.08. The van der Waals surface area contributed by atoms with E-state index in [1.165, 1.54) is 0 Å². The molecule has 0 fully saturated rings. The van der Waals surface area contributed by atoms with Gasteiger partial charge in [0.05, 0.1) is 16.5 Å². The van der Waals surface area contributed by atoms with Crippen LogP contribution in [0.1, 0.15) is 18.0 Å². The van der Waals surface area contributed by atoms with Crippen LogP contribution in [0.2, 0.25) is 10.0 Å². The Labute approximate surface area is 91.4 Å². The Morgan fingerprint density at radius 3 is 2.71 bits per heavy atom. The van der Waals surface area contributed by atoms with Crippen LogP contribution >= 0.6 is 23.2 Å². The van der Waals surface area contributed by atoms with Crippen molar-refractivity contribution in [1.82, 2.24) is 0 Å². The molecule has 0 saturated carbocycles. The van der Waals surface area contributed by atoms with Crippen molar-refractivity contribution in [1.29, 1.82) is 0 Å². The molecule has 1 aromatic rings. The molecule has 0 heterocycles. The normalized spacial score (nSPS) is 12.5. The molecule has 0 unspecified atom stereocenters. The zero-order valence-corrected chi connectivity index (χ0v) is 8.72. The van der Waals surface area contributed by atoms with Crippen molar-refractivity contribution in [3.63, 3.8) is 0 Å². The lowest BCUT2D eigenvalue weighted by molar-refractivity contribution is -0.137. The second kappa shape index (κ2) is 4.64. The molecular weight excluding hydrogens is 225 g/mol. The Morgan fingerprint density at radius 2 is 2.14 bits per heavy atom. The third-order valence-corrected chi connectivity index (χ3v) is 2.61. The first-order valence-electron chi connectivity index (χ1n) is 3.93. The smallest absolute Gasteiger partial charge is 0.305 e. The second-order valence-corrected chi connectivity index (χ2v) is 3.63. The van der Waals surface area contributed by atoms with Crippen LogP contribution in [0.25, 0.3) is 0 Å². The maximum Gasteiger partial charge on any atom is 0.305 e. The summed E-state index contributed by atoms with van der Waals surface area (Å²) in [7, 11) is 0. The maximum absolute atomic E-state index is 10.4. The van der Waals surface area contributed by atoms with E-state index < -0.39 is 12.0 Å². The van der Waals surface area contributed by atoms with Gasteiger partial charge in [-0.25, -0.2) is 0 Å². The van der Waals surface area contributed by atoms with Gasteiger partial charge >= 0.3 is 5.97 Å². The highest BCUT2D eigenvalue weighted by molar-refractivity contribution is 6.42. The van der Waals surface area contributed by atoms with Gasteiger partial charge in [0.15, 0.2) is 0 Å². The summed E-state index contributed by atoms with van der Waals surface area (Å²) >= 11 is 11.6. The number of carbonyl (C=O) groups is 1. The number of nitrogens with two attached hydrogens (primary N) is 1. The van der Waals surface area contributed by atoms with Crippen LogP contribution in [0.4, 0.5) is 0 Å². The molecule has 0 aliphatic carbocycles. The lowest BCUT2D eigenvalue weighted by Gasteiger charge is -2.11. The zero-order chi connectivity index (χ0) is 10.7. The lowest BCUT2D eigenvalue weighted by atomic mass is 10.1. The van der Waals surface area contributed by atoms with E-state index in [2.05, 4.69) is 0 Å². The molecule has 5 heteroatoms. The summed E-state index contributed by atoms with van der Waals surface area (Å²) in [6, 6.07) is 4.35. The van der Waals surface area contributed by atoms with Gasteiger partial charge in [0.2, 0.25) is 0 Å². The molecule has 0 aromatic heterocycles. The van der Waals surface area contributed by atoms with E-state index in [0.717, 1.165) is 0 Å². The van der Waals surface area contributed by atoms with Crippen molar-refractivity contribution in [2.75, 3.05) is 0 Å². The first-order valence-corrected chi connectivity index (χ1v) is 4.69. The predicted molar refractivity (Wildman–Crippen MR) is 55.6 cm³/mol. The minimum absolute atomic E-state index is 0.167. The summed E-state index contributed by atoms with van der Waals surface area (Å²) in [5.41, 5.74) is 6.20. The van der Waals surface area contributed by atoms with Crippen molar-refractivity contribution in [3.05, 3.63) is 33.8 Å². The minimum atomic E-state index is -0.964. The summed E-state index contributed by atoms with van der Waals surface area (Å²) in [5.74, 6) is -0.964. The number of aliphatic carboxylic acids is 1. The van der Waals surface area contributed by atoms with Gasteiger partial charge in [0.1, 0.15) is 0 Å². The van der Waals surface area contributed by atoms with Crippen LogP contribution in [0.15, 0.2) is 18.2 Å². The third-order valence-electron chi connectivity index (χ3n) is 1.78. The fraction of sp³-hybridized carbons (Fsp3) is 0.222. The van der Waals surface area contributed by atoms with Gasteiger partial charge in [-0.3, -0.25) is 4.79 Å². The molecule has 3 N–H and O–H groups in total. The van der Waals surface area contributed by atoms with Crippen LogP contribution in [0.3, 0.4) is 0 Å². The first kappa shape index (κ1) is 11.3. The van der Waals surface area contributed by atoms with Gasteiger partial charge < -0.3 is 10.8 Å². The highest BCUT2D eigenvalue weighted by atomic mass is 35.5. The van der Waals surface area contributed by atoms with Crippen LogP contribution in [-0.4, -0.2) is 11.1 Å². The Balaban J connectivity index is 2.95. The van der Waals surface area contributed by atoms with Gasteiger partial charge in [-0.2, -0.15) is 0 Å². The van der Waals surface area contributed by atoms with Gasteiger partial charge in [0.25, 0.3) is 0 Å². The number of carboxylic acids is 1. The number of halogens is 2. The van der Waals surface area contributed by atoms with Crippen LogP contribution in [-0.2, 0) is 4.79 Å². The maximum atomic E-state index is 10.4. The van der Waals surface area contributed by atoms with E-state index in [-0.39, 0.29) is 6.42 Å². The molecule has 0 bridgehead atoms. The van der Waals surface area contributed by atoms with Gasteiger partial charge in [-0.15, -0.1) is 0 Å². The van der Waals surface area contributed by atoms with E-state index in [0.29, 0.717) is 15.6 Å². The van der Waals surface area contributed by atoms with E-state index in [4.69, 9.17) is 34.0 Å². The summed E-state index contributed by atoms with van der Waals surface area (Å²) in [4.78, 5) is 10.4. The Kier molecular flexibility index (Phi) is 3.75. The number of carboxylic acid groups (broad SMARTS) is 1. The molecule has 1 atom stereocenters. The lowest BCUT2D eigenvalue weighted by Crippen LogP contribution is -2.15. The topological polar surface area (TPSA) is 63.3 Å². The summed E-state index contributed by atoms with van der Waals surface area (Å²) in [6.07, 6.45) is -0.167. The molecule has 0 aliphatic heterocycles. The molecular formula is C9H9Cl2NO2. The van der Waals surface area contributed by atoms with Crippen LogP contribution in [0, 0.1) is 0 Å².